The minimum atomic E-state index is 0.313. The zero-order valence-electron chi connectivity index (χ0n) is 11.7. The summed E-state index contributed by atoms with van der Waals surface area (Å²) in [7, 11) is 0. The van der Waals surface area contributed by atoms with E-state index < -0.39 is 0 Å². The summed E-state index contributed by atoms with van der Waals surface area (Å²) < 4.78 is 5.42. The second-order valence-electron chi connectivity index (χ2n) is 5.85. The Balaban J connectivity index is 1.87. The molecule has 0 bridgehead atoms. The minimum Gasteiger partial charge on any atom is -0.381 e. The van der Waals surface area contributed by atoms with Crippen molar-refractivity contribution in [1.29, 1.82) is 0 Å². The first-order chi connectivity index (χ1) is 8.81. The van der Waals surface area contributed by atoms with Crippen LogP contribution in [0, 0.1) is 11.8 Å². The number of rotatable bonds is 5. The lowest BCUT2D eigenvalue weighted by Crippen LogP contribution is -2.40. The monoisotopic (exact) mass is 253 g/mol. The van der Waals surface area contributed by atoms with Gasteiger partial charge in [-0.05, 0) is 25.7 Å². The van der Waals surface area contributed by atoms with E-state index in [1.54, 1.807) is 0 Å². The van der Waals surface area contributed by atoms with E-state index in [0.717, 1.165) is 52.0 Å². The first-order valence-corrected chi connectivity index (χ1v) is 7.67. The smallest absolute Gasteiger partial charge is 0.225 e. The molecule has 1 unspecified atom stereocenters. The Kier molecular flexibility index (Phi) is 5.48. The highest BCUT2D eigenvalue weighted by molar-refractivity contribution is 5.78. The quantitative estimate of drug-likeness (QED) is 0.754. The molecule has 104 valence electrons. The lowest BCUT2D eigenvalue weighted by molar-refractivity contribution is -0.137. The molecule has 0 aromatic carbocycles. The maximum Gasteiger partial charge on any atom is 0.225 e. The van der Waals surface area contributed by atoms with Gasteiger partial charge in [-0.25, -0.2) is 0 Å². The van der Waals surface area contributed by atoms with Gasteiger partial charge in [0.2, 0.25) is 5.91 Å². The van der Waals surface area contributed by atoms with Crippen molar-refractivity contribution in [3.8, 4) is 0 Å². The predicted molar refractivity (Wildman–Crippen MR) is 72.4 cm³/mol. The SMILES string of the molecule is CCCN(CC1CCOC1)C(=O)C1CCCCC1. The molecule has 0 aromatic heterocycles. The van der Waals surface area contributed by atoms with Crippen LogP contribution in [0.25, 0.3) is 0 Å². The van der Waals surface area contributed by atoms with Gasteiger partial charge in [0.05, 0.1) is 6.61 Å². The van der Waals surface area contributed by atoms with Crippen molar-refractivity contribution in [3.63, 3.8) is 0 Å². The van der Waals surface area contributed by atoms with E-state index in [9.17, 15) is 4.79 Å². The summed E-state index contributed by atoms with van der Waals surface area (Å²) in [5, 5.41) is 0. The van der Waals surface area contributed by atoms with E-state index in [4.69, 9.17) is 4.74 Å². The van der Waals surface area contributed by atoms with Crippen molar-refractivity contribution < 1.29 is 9.53 Å². The second kappa shape index (κ2) is 7.13. The van der Waals surface area contributed by atoms with Gasteiger partial charge >= 0.3 is 0 Å². The van der Waals surface area contributed by atoms with Crippen LogP contribution in [-0.4, -0.2) is 37.1 Å². The minimum absolute atomic E-state index is 0.313. The van der Waals surface area contributed by atoms with E-state index in [0.29, 0.717) is 17.7 Å². The highest BCUT2D eigenvalue weighted by atomic mass is 16.5. The van der Waals surface area contributed by atoms with Crippen LogP contribution in [0.4, 0.5) is 0 Å². The topological polar surface area (TPSA) is 29.5 Å². The number of hydrogen-bond acceptors (Lipinski definition) is 2. The maximum atomic E-state index is 12.6. The molecule has 1 aliphatic heterocycles. The van der Waals surface area contributed by atoms with Gasteiger partial charge < -0.3 is 9.64 Å². The number of ether oxygens (including phenoxy) is 1. The molecule has 3 heteroatoms. The van der Waals surface area contributed by atoms with Gasteiger partial charge in [0.25, 0.3) is 0 Å². The average Bonchev–Trinajstić information content (AvgIpc) is 2.91. The molecule has 1 heterocycles. The van der Waals surface area contributed by atoms with Gasteiger partial charge in [0.15, 0.2) is 0 Å². The van der Waals surface area contributed by atoms with Gasteiger partial charge in [-0.1, -0.05) is 26.2 Å². The van der Waals surface area contributed by atoms with Gasteiger partial charge in [-0.15, -0.1) is 0 Å². The van der Waals surface area contributed by atoms with E-state index in [-0.39, 0.29) is 0 Å². The number of carbonyl (C=O) groups excluding carboxylic acids is 1. The van der Waals surface area contributed by atoms with Crippen LogP contribution < -0.4 is 0 Å². The van der Waals surface area contributed by atoms with Crippen molar-refractivity contribution >= 4 is 5.91 Å². The molecule has 2 aliphatic rings. The van der Waals surface area contributed by atoms with Gasteiger partial charge in [0.1, 0.15) is 0 Å². The molecular formula is C15H27NO2. The Hall–Kier alpha value is -0.570. The average molecular weight is 253 g/mol. The molecule has 3 nitrogen and oxygen atoms in total. The van der Waals surface area contributed by atoms with Crippen molar-refractivity contribution in [2.75, 3.05) is 26.3 Å². The van der Waals surface area contributed by atoms with Crippen LogP contribution in [0.5, 0.6) is 0 Å². The summed E-state index contributed by atoms with van der Waals surface area (Å²) in [4.78, 5) is 14.7. The van der Waals surface area contributed by atoms with Crippen LogP contribution in [0.15, 0.2) is 0 Å². The van der Waals surface area contributed by atoms with E-state index >= 15 is 0 Å². The molecule has 18 heavy (non-hydrogen) atoms. The fraction of sp³-hybridized carbons (Fsp3) is 0.933. The second-order valence-corrected chi connectivity index (χ2v) is 5.85. The third-order valence-corrected chi connectivity index (χ3v) is 4.26. The van der Waals surface area contributed by atoms with Crippen LogP contribution in [0.1, 0.15) is 51.9 Å². The Morgan fingerprint density at radius 1 is 1.22 bits per heavy atom. The maximum absolute atomic E-state index is 12.6. The Morgan fingerprint density at radius 3 is 2.61 bits per heavy atom. The summed E-state index contributed by atoms with van der Waals surface area (Å²) in [6, 6.07) is 0. The Morgan fingerprint density at radius 2 is 2.00 bits per heavy atom. The van der Waals surface area contributed by atoms with Gasteiger partial charge in [0, 0.05) is 31.5 Å². The largest absolute Gasteiger partial charge is 0.381 e. The zero-order chi connectivity index (χ0) is 12.8. The molecule has 1 atom stereocenters. The number of nitrogens with zero attached hydrogens (tertiary/aromatic N) is 1. The highest BCUT2D eigenvalue weighted by Gasteiger charge is 2.28. The van der Waals surface area contributed by atoms with E-state index in [1.807, 2.05) is 0 Å². The molecule has 0 radical (unpaired) electrons. The number of hydrogen-bond donors (Lipinski definition) is 0. The summed E-state index contributed by atoms with van der Waals surface area (Å²) in [6.45, 7) is 5.72. The Bertz CT molecular complexity index is 255. The zero-order valence-corrected chi connectivity index (χ0v) is 11.7. The van der Waals surface area contributed by atoms with Crippen LogP contribution in [0.3, 0.4) is 0 Å². The fourth-order valence-corrected chi connectivity index (χ4v) is 3.21. The number of carbonyl (C=O) groups is 1. The van der Waals surface area contributed by atoms with Crippen molar-refractivity contribution in [2.45, 2.75) is 51.9 Å². The molecule has 2 rings (SSSR count). The van der Waals surface area contributed by atoms with Crippen LogP contribution in [-0.2, 0) is 9.53 Å². The highest BCUT2D eigenvalue weighted by Crippen LogP contribution is 2.26. The molecule has 0 N–H and O–H groups in total. The van der Waals surface area contributed by atoms with Gasteiger partial charge in [-0.3, -0.25) is 4.79 Å². The van der Waals surface area contributed by atoms with E-state index in [2.05, 4.69) is 11.8 Å². The first kappa shape index (κ1) is 13.9. The molecule has 1 saturated heterocycles. The summed E-state index contributed by atoms with van der Waals surface area (Å²) >= 11 is 0. The lowest BCUT2D eigenvalue weighted by atomic mass is 9.88. The lowest BCUT2D eigenvalue weighted by Gasteiger charge is -2.30. The summed E-state index contributed by atoms with van der Waals surface area (Å²) in [6.07, 6.45) is 8.20. The summed E-state index contributed by atoms with van der Waals surface area (Å²) in [5.74, 6) is 1.31. The van der Waals surface area contributed by atoms with Crippen LogP contribution >= 0.6 is 0 Å². The molecule has 1 aliphatic carbocycles. The predicted octanol–water partition coefficient (Wildman–Crippen LogP) is 2.84. The Labute approximate surface area is 111 Å². The molecule has 0 spiro atoms. The van der Waals surface area contributed by atoms with Gasteiger partial charge in [-0.2, -0.15) is 0 Å². The fourth-order valence-electron chi connectivity index (χ4n) is 3.21. The van der Waals surface area contributed by atoms with Crippen LogP contribution in [0.2, 0.25) is 0 Å². The summed E-state index contributed by atoms with van der Waals surface area (Å²) in [5.41, 5.74) is 0. The molecular weight excluding hydrogens is 226 g/mol. The van der Waals surface area contributed by atoms with Crippen molar-refractivity contribution in [1.82, 2.24) is 4.90 Å². The van der Waals surface area contributed by atoms with Crippen molar-refractivity contribution in [3.05, 3.63) is 0 Å². The molecule has 1 saturated carbocycles. The third-order valence-electron chi connectivity index (χ3n) is 4.26. The van der Waals surface area contributed by atoms with Crippen molar-refractivity contribution in [2.24, 2.45) is 11.8 Å². The standard InChI is InChI=1S/C15H27NO2/c1-2-9-16(11-13-8-10-18-12-13)15(17)14-6-4-3-5-7-14/h13-14H,2-12H2,1H3. The normalized spacial score (nSPS) is 25.3. The number of amides is 1. The third kappa shape index (κ3) is 3.71. The molecule has 0 aromatic rings. The molecule has 2 fully saturated rings. The first-order valence-electron chi connectivity index (χ1n) is 7.67. The molecule has 1 amide bonds. The van der Waals surface area contributed by atoms with E-state index in [1.165, 1.54) is 19.3 Å².